The molecular formula is C20H17F3N2O2. The van der Waals surface area contributed by atoms with Gasteiger partial charge in [0, 0.05) is 17.6 Å². The van der Waals surface area contributed by atoms with Gasteiger partial charge in [-0.15, -0.1) is 0 Å². The standard InChI is InChI=1S/C20H17F3N2O2/c1-10-7-13-9-12(19(26)25-16(13)8-11(10)2)5-6-24-20(27)14-3-4-15(21)18(23)17(14)22/h3-4,7-9H,5-6H2,1-2H3,(H,24,27)(H,25,26). The Kier molecular flexibility index (Phi) is 5.03. The topological polar surface area (TPSA) is 62.0 Å². The number of carbonyl (C=O) groups excluding carboxylic acids is 1. The second-order valence-electron chi connectivity index (χ2n) is 6.38. The van der Waals surface area contributed by atoms with Crippen molar-refractivity contribution in [2.24, 2.45) is 0 Å². The summed E-state index contributed by atoms with van der Waals surface area (Å²) in [6, 6.07) is 7.15. The molecule has 3 aromatic rings. The van der Waals surface area contributed by atoms with E-state index in [2.05, 4.69) is 10.3 Å². The van der Waals surface area contributed by atoms with Crippen LogP contribution in [-0.2, 0) is 6.42 Å². The summed E-state index contributed by atoms with van der Waals surface area (Å²) in [6.45, 7) is 3.96. The molecule has 0 spiro atoms. The lowest BCUT2D eigenvalue weighted by Gasteiger charge is -2.08. The third kappa shape index (κ3) is 3.72. The van der Waals surface area contributed by atoms with Gasteiger partial charge in [-0.05, 0) is 67.1 Å². The molecule has 3 rings (SSSR count). The third-order valence-electron chi connectivity index (χ3n) is 4.50. The minimum absolute atomic E-state index is 0.0384. The van der Waals surface area contributed by atoms with Gasteiger partial charge in [0.2, 0.25) is 0 Å². The predicted molar refractivity (Wildman–Crippen MR) is 96.4 cm³/mol. The number of hydrogen-bond donors (Lipinski definition) is 2. The van der Waals surface area contributed by atoms with Crippen molar-refractivity contribution >= 4 is 16.8 Å². The maximum absolute atomic E-state index is 13.6. The highest BCUT2D eigenvalue weighted by molar-refractivity contribution is 5.94. The first-order valence-electron chi connectivity index (χ1n) is 8.33. The van der Waals surface area contributed by atoms with Gasteiger partial charge in [-0.2, -0.15) is 0 Å². The molecule has 0 unspecified atom stereocenters. The Bertz CT molecular complexity index is 1110. The van der Waals surface area contributed by atoms with Crippen LogP contribution in [-0.4, -0.2) is 17.4 Å². The highest BCUT2D eigenvalue weighted by Crippen LogP contribution is 2.17. The summed E-state index contributed by atoms with van der Waals surface area (Å²) in [5.41, 5.74) is 2.46. The monoisotopic (exact) mass is 374 g/mol. The maximum atomic E-state index is 13.6. The molecule has 2 aromatic carbocycles. The van der Waals surface area contributed by atoms with Crippen molar-refractivity contribution in [1.82, 2.24) is 10.3 Å². The van der Waals surface area contributed by atoms with Gasteiger partial charge in [-0.3, -0.25) is 9.59 Å². The van der Waals surface area contributed by atoms with Gasteiger partial charge in [-0.1, -0.05) is 0 Å². The number of carbonyl (C=O) groups is 1. The Morgan fingerprint density at radius 3 is 2.48 bits per heavy atom. The fourth-order valence-corrected chi connectivity index (χ4v) is 2.81. The lowest BCUT2D eigenvalue weighted by Crippen LogP contribution is -2.28. The lowest BCUT2D eigenvalue weighted by atomic mass is 10.0. The van der Waals surface area contributed by atoms with Crippen molar-refractivity contribution in [3.8, 4) is 0 Å². The number of hydrogen-bond acceptors (Lipinski definition) is 2. The smallest absolute Gasteiger partial charge is 0.254 e. The molecule has 0 atom stereocenters. The Hall–Kier alpha value is -3.09. The minimum Gasteiger partial charge on any atom is -0.352 e. The number of benzene rings is 2. The van der Waals surface area contributed by atoms with E-state index in [1.165, 1.54) is 0 Å². The number of amides is 1. The Balaban J connectivity index is 1.74. The van der Waals surface area contributed by atoms with E-state index in [0.717, 1.165) is 28.1 Å². The van der Waals surface area contributed by atoms with Crippen molar-refractivity contribution in [2.75, 3.05) is 6.54 Å². The number of rotatable bonds is 4. The van der Waals surface area contributed by atoms with Crippen LogP contribution >= 0.6 is 0 Å². The molecular weight excluding hydrogens is 357 g/mol. The molecule has 140 valence electrons. The Morgan fingerprint density at radius 1 is 1.04 bits per heavy atom. The maximum Gasteiger partial charge on any atom is 0.254 e. The molecule has 1 heterocycles. The highest BCUT2D eigenvalue weighted by Gasteiger charge is 2.18. The molecule has 4 nitrogen and oxygen atoms in total. The highest BCUT2D eigenvalue weighted by atomic mass is 19.2. The van der Waals surface area contributed by atoms with E-state index in [1.807, 2.05) is 26.0 Å². The van der Waals surface area contributed by atoms with Crippen LogP contribution in [0, 0.1) is 31.3 Å². The van der Waals surface area contributed by atoms with Crippen molar-refractivity contribution in [1.29, 1.82) is 0 Å². The number of aromatic nitrogens is 1. The molecule has 1 amide bonds. The van der Waals surface area contributed by atoms with Gasteiger partial charge in [0.1, 0.15) is 0 Å². The largest absolute Gasteiger partial charge is 0.352 e. The molecule has 0 aliphatic heterocycles. The molecule has 0 fully saturated rings. The molecule has 0 bridgehead atoms. The summed E-state index contributed by atoms with van der Waals surface area (Å²) < 4.78 is 39.8. The van der Waals surface area contributed by atoms with Gasteiger partial charge in [-0.25, -0.2) is 13.2 Å². The average Bonchev–Trinajstić information content (AvgIpc) is 2.62. The van der Waals surface area contributed by atoms with E-state index in [4.69, 9.17) is 0 Å². The Labute approximate surface area is 153 Å². The van der Waals surface area contributed by atoms with Crippen LogP contribution in [0.25, 0.3) is 10.9 Å². The lowest BCUT2D eigenvalue weighted by molar-refractivity contribution is 0.0949. The van der Waals surface area contributed by atoms with E-state index < -0.39 is 28.9 Å². The summed E-state index contributed by atoms with van der Waals surface area (Å²) >= 11 is 0. The van der Waals surface area contributed by atoms with E-state index in [1.54, 1.807) is 6.07 Å². The number of nitrogens with one attached hydrogen (secondary N) is 2. The number of halogens is 3. The SMILES string of the molecule is Cc1cc2cc(CCNC(=O)c3ccc(F)c(F)c3F)c(=O)[nH]c2cc1C. The molecule has 0 aliphatic carbocycles. The van der Waals surface area contributed by atoms with Crippen LogP contribution in [0.15, 0.2) is 35.1 Å². The minimum atomic E-state index is -1.70. The second-order valence-corrected chi connectivity index (χ2v) is 6.38. The van der Waals surface area contributed by atoms with E-state index in [0.29, 0.717) is 11.6 Å². The van der Waals surface area contributed by atoms with Crippen LogP contribution < -0.4 is 10.9 Å². The van der Waals surface area contributed by atoms with Crippen LogP contribution in [0.2, 0.25) is 0 Å². The zero-order valence-electron chi connectivity index (χ0n) is 14.8. The van der Waals surface area contributed by atoms with Gasteiger partial charge in [0.05, 0.1) is 5.56 Å². The molecule has 0 aliphatic rings. The first kappa shape index (κ1) is 18.7. The first-order chi connectivity index (χ1) is 12.8. The van der Waals surface area contributed by atoms with Crippen LogP contribution in [0.1, 0.15) is 27.0 Å². The number of aryl methyl sites for hydroxylation is 2. The quantitative estimate of drug-likeness (QED) is 0.687. The van der Waals surface area contributed by atoms with Gasteiger partial charge in [0.15, 0.2) is 17.5 Å². The van der Waals surface area contributed by atoms with Crippen molar-refractivity contribution in [3.63, 3.8) is 0 Å². The molecule has 1 aromatic heterocycles. The van der Waals surface area contributed by atoms with Gasteiger partial charge in [0.25, 0.3) is 11.5 Å². The van der Waals surface area contributed by atoms with Crippen LogP contribution in [0.3, 0.4) is 0 Å². The normalized spacial score (nSPS) is 11.0. The number of aromatic amines is 1. The predicted octanol–water partition coefficient (Wildman–Crippen LogP) is 3.53. The van der Waals surface area contributed by atoms with Gasteiger partial charge >= 0.3 is 0 Å². The summed E-state index contributed by atoms with van der Waals surface area (Å²) in [5, 5.41) is 3.28. The van der Waals surface area contributed by atoms with Crippen LogP contribution in [0.4, 0.5) is 13.2 Å². The fourth-order valence-electron chi connectivity index (χ4n) is 2.81. The van der Waals surface area contributed by atoms with Crippen LogP contribution in [0.5, 0.6) is 0 Å². The third-order valence-corrected chi connectivity index (χ3v) is 4.50. The zero-order chi connectivity index (χ0) is 19.7. The summed E-state index contributed by atoms with van der Waals surface area (Å²) in [7, 11) is 0. The van der Waals surface area contributed by atoms with E-state index in [9.17, 15) is 22.8 Å². The van der Waals surface area contributed by atoms with E-state index >= 15 is 0 Å². The second kappa shape index (κ2) is 7.26. The van der Waals surface area contributed by atoms with Crippen molar-refractivity contribution in [2.45, 2.75) is 20.3 Å². The summed E-state index contributed by atoms with van der Waals surface area (Å²) in [5.74, 6) is -5.48. The molecule has 7 heteroatoms. The van der Waals surface area contributed by atoms with Crippen molar-refractivity contribution in [3.05, 3.63) is 80.4 Å². The fraction of sp³-hybridized carbons (Fsp3) is 0.200. The van der Waals surface area contributed by atoms with E-state index in [-0.39, 0.29) is 18.5 Å². The molecule has 2 N–H and O–H groups in total. The molecule has 0 saturated heterocycles. The van der Waals surface area contributed by atoms with Crippen molar-refractivity contribution < 1.29 is 18.0 Å². The van der Waals surface area contributed by atoms with Gasteiger partial charge < -0.3 is 10.3 Å². The number of H-pyrrole nitrogens is 1. The number of pyridine rings is 1. The summed E-state index contributed by atoms with van der Waals surface area (Å²) in [6.07, 6.45) is 0.204. The Morgan fingerprint density at radius 2 is 1.74 bits per heavy atom. The molecule has 0 radical (unpaired) electrons. The summed E-state index contributed by atoms with van der Waals surface area (Å²) in [4.78, 5) is 27.0. The zero-order valence-corrected chi connectivity index (χ0v) is 14.8. The average molecular weight is 374 g/mol. The first-order valence-corrected chi connectivity index (χ1v) is 8.33. The number of fused-ring (bicyclic) bond motifs is 1. The molecule has 0 saturated carbocycles. The molecule has 27 heavy (non-hydrogen) atoms.